The van der Waals surface area contributed by atoms with Crippen molar-refractivity contribution in [3.8, 4) is 11.5 Å². The Kier molecular flexibility index (Phi) is 8.00. The molecule has 2 fully saturated rings. The molecule has 0 aliphatic carbocycles. The van der Waals surface area contributed by atoms with Gasteiger partial charge in [0.2, 0.25) is 5.91 Å². The zero-order valence-corrected chi connectivity index (χ0v) is 22.4. The summed E-state index contributed by atoms with van der Waals surface area (Å²) in [6.07, 6.45) is 3.52. The van der Waals surface area contributed by atoms with E-state index in [1.807, 2.05) is 24.3 Å². The third kappa shape index (κ3) is 5.67. The molecule has 7 nitrogen and oxygen atoms in total. The van der Waals surface area contributed by atoms with Crippen LogP contribution in [-0.4, -0.2) is 53.6 Å². The molecular formula is C24H22Br2N2O5S. The predicted molar refractivity (Wildman–Crippen MR) is 138 cm³/mol. The van der Waals surface area contributed by atoms with E-state index in [1.54, 1.807) is 23.1 Å². The number of imide groups is 1. The highest BCUT2D eigenvalue weighted by atomic mass is 79.9. The summed E-state index contributed by atoms with van der Waals surface area (Å²) in [5.41, 5.74) is 1.66. The van der Waals surface area contributed by atoms with Crippen molar-refractivity contribution in [2.45, 2.75) is 19.4 Å². The number of thioether (sulfide) groups is 1. The Morgan fingerprint density at radius 1 is 1.12 bits per heavy atom. The maximum absolute atomic E-state index is 12.8. The molecule has 0 radical (unpaired) electrons. The monoisotopic (exact) mass is 608 g/mol. The summed E-state index contributed by atoms with van der Waals surface area (Å²) >= 11 is 7.77. The van der Waals surface area contributed by atoms with E-state index in [0.29, 0.717) is 41.2 Å². The number of likely N-dealkylation sites (tertiary alicyclic amines) is 1. The Morgan fingerprint density at radius 2 is 1.82 bits per heavy atom. The van der Waals surface area contributed by atoms with Gasteiger partial charge < -0.3 is 14.4 Å². The normalized spacial score (nSPS) is 17.1. The first-order valence-electron chi connectivity index (χ1n) is 10.6. The summed E-state index contributed by atoms with van der Waals surface area (Å²) in [5, 5.41) is -0.440. The topological polar surface area (TPSA) is 76.2 Å². The Bertz CT molecular complexity index is 1150. The smallest absolute Gasteiger partial charge is 0.294 e. The minimum absolute atomic E-state index is 0.197. The van der Waals surface area contributed by atoms with Crippen LogP contribution in [0.4, 0.5) is 4.79 Å². The lowest BCUT2D eigenvalue weighted by Crippen LogP contribution is -2.40. The Hall–Kier alpha value is -2.30. The number of nitrogens with zero attached hydrogens (tertiary/aromatic N) is 2. The molecule has 0 spiro atoms. The van der Waals surface area contributed by atoms with Crippen molar-refractivity contribution in [2.75, 3.05) is 26.7 Å². The molecule has 0 saturated carbocycles. The zero-order valence-electron chi connectivity index (χ0n) is 18.4. The quantitative estimate of drug-likeness (QED) is 0.388. The maximum Gasteiger partial charge on any atom is 0.294 e. The fraction of sp³-hybridized carbons (Fsp3) is 0.292. The molecule has 4 rings (SSSR count). The molecule has 0 N–H and O–H groups in total. The van der Waals surface area contributed by atoms with Crippen molar-refractivity contribution in [2.24, 2.45) is 0 Å². The van der Waals surface area contributed by atoms with Gasteiger partial charge in [-0.25, -0.2) is 0 Å². The number of carbonyl (C=O) groups excluding carboxylic acids is 3. The number of rotatable bonds is 7. The number of hydrogen-bond acceptors (Lipinski definition) is 6. The molecule has 0 bridgehead atoms. The molecule has 0 unspecified atom stereocenters. The molecule has 2 saturated heterocycles. The SMILES string of the molecule is COc1cc(/C=C2/SC(=O)N(CC(=O)N3CCCC3)C2=O)cc(Br)c1OCc1ccc(Br)cc1. The van der Waals surface area contributed by atoms with Crippen LogP contribution in [0.25, 0.3) is 6.08 Å². The summed E-state index contributed by atoms with van der Waals surface area (Å²) in [6, 6.07) is 11.3. The molecule has 2 aromatic rings. The lowest BCUT2D eigenvalue weighted by molar-refractivity contribution is -0.135. The first-order valence-corrected chi connectivity index (χ1v) is 13.0. The summed E-state index contributed by atoms with van der Waals surface area (Å²) in [7, 11) is 1.54. The number of carbonyl (C=O) groups is 3. The minimum Gasteiger partial charge on any atom is -0.493 e. The van der Waals surface area contributed by atoms with Crippen LogP contribution in [0.3, 0.4) is 0 Å². The molecule has 34 heavy (non-hydrogen) atoms. The van der Waals surface area contributed by atoms with E-state index < -0.39 is 11.1 Å². The van der Waals surface area contributed by atoms with Crippen LogP contribution in [0.1, 0.15) is 24.0 Å². The van der Waals surface area contributed by atoms with Gasteiger partial charge in [0.25, 0.3) is 11.1 Å². The van der Waals surface area contributed by atoms with Crippen LogP contribution >= 0.6 is 43.6 Å². The van der Waals surface area contributed by atoms with Crippen LogP contribution in [0.5, 0.6) is 11.5 Å². The number of amides is 3. The van der Waals surface area contributed by atoms with Crippen LogP contribution in [0.15, 0.2) is 50.2 Å². The zero-order chi connectivity index (χ0) is 24.2. The highest BCUT2D eigenvalue weighted by molar-refractivity contribution is 9.10. The van der Waals surface area contributed by atoms with E-state index >= 15 is 0 Å². The largest absolute Gasteiger partial charge is 0.493 e. The second-order valence-electron chi connectivity index (χ2n) is 7.81. The number of methoxy groups -OCH3 is 1. The highest BCUT2D eigenvalue weighted by Gasteiger charge is 2.37. The van der Waals surface area contributed by atoms with Crippen molar-refractivity contribution in [3.05, 3.63) is 61.4 Å². The van der Waals surface area contributed by atoms with Crippen LogP contribution in [-0.2, 0) is 16.2 Å². The standard InChI is InChI=1S/C24H22Br2N2O5S/c1-32-19-11-16(10-18(26)22(19)33-14-15-4-6-17(25)7-5-15)12-20-23(30)28(24(31)34-20)13-21(29)27-8-2-3-9-27/h4-7,10-12H,2-3,8-9,13-14H2,1H3/b20-12+. The van der Waals surface area contributed by atoms with Crippen LogP contribution in [0.2, 0.25) is 0 Å². The molecule has 0 atom stereocenters. The van der Waals surface area contributed by atoms with E-state index in [9.17, 15) is 14.4 Å². The van der Waals surface area contributed by atoms with E-state index in [-0.39, 0.29) is 17.4 Å². The molecule has 0 aromatic heterocycles. The molecule has 3 amide bonds. The average Bonchev–Trinajstić information content (AvgIpc) is 3.44. The van der Waals surface area contributed by atoms with Gasteiger partial charge in [-0.3, -0.25) is 19.3 Å². The van der Waals surface area contributed by atoms with E-state index in [2.05, 4.69) is 31.9 Å². The third-order valence-electron chi connectivity index (χ3n) is 5.47. The van der Waals surface area contributed by atoms with Crippen molar-refractivity contribution < 1.29 is 23.9 Å². The van der Waals surface area contributed by atoms with Crippen LogP contribution < -0.4 is 9.47 Å². The minimum atomic E-state index is -0.465. The van der Waals surface area contributed by atoms with Crippen molar-refractivity contribution in [1.82, 2.24) is 9.80 Å². The first-order chi connectivity index (χ1) is 16.4. The lowest BCUT2D eigenvalue weighted by atomic mass is 10.1. The average molecular weight is 610 g/mol. The molecule has 178 valence electrons. The lowest BCUT2D eigenvalue weighted by Gasteiger charge is -2.18. The maximum atomic E-state index is 12.8. The second-order valence-corrected chi connectivity index (χ2v) is 10.6. The van der Waals surface area contributed by atoms with Gasteiger partial charge in [-0.15, -0.1) is 0 Å². The third-order valence-corrected chi connectivity index (χ3v) is 7.50. The van der Waals surface area contributed by atoms with E-state index in [4.69, 9.17) is 9.47 Å². The molecular weight excluding hydrogens is 588 g/mol. The fourth-order valence-electron chi connectivity index (χ4n) is 3.69. The van der Waals surface area contributed by atoms with Crippen molar-refractivity contribution in [1.29, 1.82) is 0 Å². The van der Waals surface area contributed by atoms with Gasteiger partial charge in [0.05, 0.1) is 16.5 Å². The number of hydrogen-bond donors (Lipinski definition) is 0. The van der Waals surface area contributed by atoms with E-state index in [1.165, 1.54) is 7.11 Å². The summed E-state index contributed by atoms with van der Waals surface area (Å²) < 4.78 is 13.1. The second kappa shape index (κ2) is 11.0. The first kappa shape index (κ1) is 24.8. The Labute approximate surface area is 218 Å². The van der Waals surface area contributed by atoms with Gasteiger partial charge in [0.15, 0.2) is 11.5 Å². The van der Waals surface area contributed by atoms with Gasteiger partial charge in [-0.2, -0.15) is 0 Å². The van der Waals surface area contributed by atoms with Crippen LogP contribution in [0, 0.1) is 0 Å². The van der Waals surface area contributed by atoms with Gasteiger partial charge in [0.1, 0.15) is 13.2 Å². The predicted octanol–water partition coefficient (Wildman–Crippen LogP) is 5.46. The number of ether oxygens (including phenoxy) is 2. The summed E-state index contributed by atoms with van der Waals surface area (Å²) in [5.74, 6) is 0.360. The fourth-order valence-corrected chi connectivity index (χ4v) is 5.37. The molecule has 2 heterocycles. The van der Waals surface area contributed by atoms with Crippen molar-refractivity contribution in [3.63, 3.8) is 0 Å². The van der Waals surface area contributed by atoms with Crippen molar-refractivity contribution >= 4 is 66.8 Å². The molecule has 10 heteroatoms. The van der Waals surface area contributed by atoms with Gasteiger partial charge >= 0.3 is 0 Å². The van der Waals surface area contributed by atoms with Gasteiger partial charge in [-0.1, -0.05) is 28.1 Å². The van der Waals surface area contributed by atoms with E-state index in [0.717, 1.165) is 39.5 Å². The van der Waals surface area contributed by atoms with Gasteiger partial charge in [0, 0.05) is 17.6 Å². The summed E-state index contributed by atoms with van der Waals surface area (Å²) in [4.78, 5) is 40.6. The number of halogens is 2. The highest BCUT2D eigenvalue weighted by Crippen LogP contribution is 2.39. The van der Waals surface area contributed by atoms with Gasteiger partial charge in [-0.05, 0) is 82.0 Å². The summed E-state index contributed by atoms with van der Waals surface area (Å²) in [6.45, 7) is 1.48. The molecule has 2 aliphatic rings. The Morgan fingerprint density at radius 3 is 2.50 bits per heavy atom. The number of benzene rings is 2. The molecule has 2 aromatic carbocycles. The Balaban J connectivity index is 1.49. The molecule has 2 aliphatic heterocycles.